The standard InChI is InChI=1S/C4H8N2/c1-6-4-2-3-5-6/h2-3,5H,4H2,1H3. The summed E-state index contributed by atoms with van der Waals surface area (Å²) in [6.07, 6.45) is 4.00. The summed E-state index contributed by atoms with van der Waals surface area (Å²) in [6.45, 7) is 1.03. The van der Waals surface area contributed by atoms with Crippen molar-refractivity contribution >= 4 is 0 Å². The highest BCUT2D eigenvalue weighted by atomic mass is 15.5. The number of hydrazine groups is 1. The topological polar surface area (TPSA) is 15.3 Å². The van der Waals surface area contributed by atoms with Crippen LogP contribution in [0.5, 0.6) is 0 Å². The van der Waals surface area contributed by atoms with Crippen LogP contribution >= 0.6 is 0 Å². The van der Waals surface area contributed by atoms with Gasteiger partial charge in [0.25, 0.3) is 0 Å². The Balaban J connectivity index is 2.32. The van der Waals surface area contributed by atoms with E-state index in [0.717, 1.165) is 6.54 Å². The number of likely N-dealkylation sites (N-methyl/N-ethyl adjacent to an activating group) is 1. The van der Waals surface area contributed by atoms with E-state index >= 15 is 0 Å². The van der Waals surface area contributed by atoms with Gasteiger partial charge < -0.3 is 5.43 Å². The molecule has 0 spiro atoms. The van der Waals surface area contributed by atoms with Crippen LogP contribution in [0.1, 0.15) is 0 Å². The molecule has 0 fully saturated rings. The molecule has 0 saturated carbocycles. The summed E-state index contributed by atoms with van der Waals surface area (Å²) in [7, 11) is 2.00. The maximum atomic E-state index is 2.97. The Morgan fingerprint density at radius 2 is 2.67 bits per heavy atom. The van der Waals surface area contributed by atoms with Crippen molar-refractivity contribution in [1.82, 2.24) is 10.4 Å². The summed E-state index contributed by atoms with van der Waals surface area (Å²) in [6, 6.07) is 0. The molecular formula is C4H8N2. The molecule has 1 heterocycles. The van der Waals surface area contributed by atoms with Gasteiger partial charge in [-0.3, -0.25) is 0 Å². The predicted octanol–water partition coefficient (Wildman–Crippen LogP) is -0.0499. The molecular weight excluding hydrogens is 76.1 g/mol. The third-order valence-electron chi connectivity index (χ3n) is 0.792. The molecule has 34 valence electrons. The second-order valence-electron chi connectivity index (χ2n) is 1.41. The lowest BCUT2D eigenvalue weighted by atomic mass is 10.6. The second kappa shape index (κ2) is 1.30. The summed E-state index contributed by atoms with van der Waals surface area (Å²) in [5, 5.41) is 2.00. The molecule has 0 aromatic heterocycles. The lowest BCUT2D eigenvalue weighted by molar-refractivity contribution is 0.332. The first kappa shape index (κ1) is 3.68. The highest BCUT2D eigenvalue weighted by molar-refractivity contribution is 4.86. The molecule has 0 saturated heterocycles. The van der Waals surface area contributed by atoms with E-state index in [2.05, 4.69) is 11.5 Å². The van der Waals surface area contributed by atoms with Gasteiger partial charge in [0.05, 0.1) is 0 Å². The zero-order chi connectivity index (χ0) is 4.41. The summed E-state index contributed by atoms with van der Waals surface area (Å²) < 4.78 is 0. The molecule has 0 aliphatic carbocycles. The molecule has 1 aliphatic rings. The van der Waals surface area contributed by atoms with Crippen LogP contribution in [0.2, 0.25) is 0 Å². The molecule has 1 aliphatic heterocycles. The molecule has 0 radical (unpaired) electrons. The van der Waals surface area contributed by atoms with Crippen molar-refractivity contribution in [1.29, 1.82) is 0 Å². The normalized spacial score (nSPS) is 21.5. The van der Waals surface area contributed by atoms with Gasteiger partial charge in [0.15, 0.2) is 0 Å². The average Bonchev–Trinajstić information content (AvgIpc) is 1.86. The van der Waals surface area contributed by atoms with Gasteiger partial charge in [-0.2, -0.15) is 0 Å². The first-order valence-corrected chi connectivity index (χ1v) is 2.02. The molecule has 2 nitrogen and oxygen atoms in total. The van der Waals surface area contributed by atoms with Gasteiger partial charge in [-0.1, -0.05) is 6.08 Å². The Bertz CT molecular complexity index is 59.9. The first-order valence-electron chi connectivity index (χ1n) is 2.02. The minimum Gasteiger partial charge on any atom is -0.326 e. The van der Waals surface area contributed by atoms with Crippen molar-refractivity contribution in [3.05, 3.63) is 12.3 Å². The smallest absolute Gasteiger partial charge is 0.0373 e. The highest BCUT2D eigenvalue weighted by Crippen LogP contribution is 1.83. The third kappa shape index (κ3) is 0.518. The van der Waals surface area contributed by atoms with Gasteiger partial charge in [-0.25, -0.2) is 5.01 Å². The van der Waals surface area contributed by atoms with Crippen molar-refractivity contribution in [2.24, 2.45) is 0 Å². The van der Waals surface area contributed by atoms with Crippen LogP contribution in [0.3, 0.4) is 0 Å². The molecule has 2 heteroatoms. The maximum absolute atomic E-state index is 2.97. The summed E-state index contributed by atoms with van der Waals surface area (Å²) in [4.78, 5) is 0. The number of hydrogen-bond donors (Lipinski definition) is 1. The van der Waals surface area contributed by atoms with Gasteiger partial charge >= 0.3 is 0 Å². The first-order chi connectivity index (χ1) is 2.89. The Morgan fingerprint density at radius 1 is 1.83 bits per heavy atom. The van der Waals surface area contributed by atoms with E-state index in [9.17, 15) is 0 Å². The second-order valence-corrected chi connectivity index (χ2v) is 1.41. The molecule has 0 bridgehead atoms. The Morgan fingerprint density at radius 3 is 2.83 bits per heavy atom. The SMILES string of the molecule is CN1CC=CN1. The Kier molecular flexibility index (Phi) is 0.801. The van der Waals surface area contributed by atoms with Crippen LogP contribution in [0.15, 0.2) is 12.3 Å². The number of nitrogens with zero attached hydrogens (tertiary/aromatic N) is 1. The Labute approximate surface area is 37.4 Å². The van der Waals surface area contributed by atoms with Gasteiger partial charge in [-0.05, 0) is 0 Å². The van der Waals surface area contributed by atoms with Crippen LogP contribution in [-0.4, -0.2) is 18.6 Å². The molecule has 0 unspecified atom stereocenters. The quantitative estimate of drug-likeness (QED) is 0.442. The van der Waals surface area contributed by atoms with Gasteiger partial charge in [0, 0.05) is 19.8 Å². The zero-order valence-corrected chi connectivity index (χ0v) is 3.81. The fourth-order valence-corrected chi connectivity index (χ4v) is 0.443. The molecule has 0 atom stereocenters. The van der Waals surface area contributed by atoms with Crippen LogP contribution < -0.4 is 5.43 Å². The van der Waals surface area contributed by atoms with Crippen LogP contribution in [0.4, 0.5) is 0 Å². The monoisotopic (exact) mass is 84.1 g/mol. The third-order valence-corrected chi connectivity index (χ3v) is 0.792. The van der Waals surface area contributed by atoms with Crippen LogP contribution in [-0.2, 0) is 0 Å². The van der Waals surface area contributed by atoms with Gasteiger partial charge in [-0.15, -0.1) is 0 Å². The van der Waals surface area contributed by atoms with Gasteiger partial charge in [0.1, 0.15) is 0 Å². The Hall–Kier alpha value is -0.500. The number of rotatable bonds is 0. The maximum Gasteiger partial charge on any atom is 0.0373 e. The van der Waals surface area contributed by atoms with E-state index < -0.39 is 0 Å². The molecule has 1 rings (SSSR count). The number of nitrogens with one attached hydrogen (secondary N) is 1. The minimum atomic E-state index is 1.03. The van der Waals surface area contributed by atoms with E-state index in [4.69, 9.17) is 0 Å². The minimum absolute atomic E-state index is 1.03. The van der Waals surface area contributed by atoms with Crippen molar-refractivity contribution in [3.8, 4) is 0 Å². The van der Waals surface area contributed by atoms with Crippen molar-refractivity contribution in [2.75, 3.05) is 13.6 Å². The van der Waals surface area contributed by atoms with E-state index in [1.165, 1.54) is 0 Å². The van der Waals surface area contributed by atoms with E-state index in [1.807, 2.05) is 18.3 Å². The fourth-order valence-electron chi connectivity index (χ4n) is 0.443. The average molecular weight is 84.1 g/mol. The van der Waals surface area contributed by atoms with Crippen molar-refractivity contribution < 1.29 is 0 Å². The molecule has 6 heavy (non-hydrogen) atoms. The highest BCUT2D eigenvalue weighted by Gasteiger charge is 1.92. The lowest BCUT2D eigenvalue weighted by Crippen LogP contribution is -2.24. The fraction of sp³-hybridized carbons (Fsp3) is 0.500. The van der Waals surface area contributed by atoms with Gasteiger partial charge in [0.2, 0.25) is 0 Å². The summed E-state index contributed by atoms with van der Waals surface area (Å²) >= 11 is 0. The summed E-state index contributed by atoms with van der Waals surface area (Å²) in [5.74, 6) is 0. The zero-order valence-electron chi connectivity index (χ0n) is 3.81. The molecule has 0 amide bonds. The van der Waals surface area contributed by atoms with Crippen LogP contribution in [0, 0.1) is 0 Å². The summed E-state index contributed by atoms with van der Waals surface area (Å²) in [5.41, 5.74) is 2.97. The largest absolute Gasteiger partial charge is 0.326 e. The van der Waals surface area contributed by atoms with Crippen molar-refractivity contribution in [3.63, 3.8) is 0 Å². The van der Waals surface area contributed by atoms with E-state index in [-0.39, 0.29) is 0 Å². The number of hydrogen-bond acceptors (Lipinski definition) is 2. The van der Waals surface area contributed by atoms with Crippen molar-refractivity contribution in [2.45, 2.75) is 0 Å². The molecule has 0 aromatic carbocycles. The van der Waals surface area contributed by atoms with E-state index in [1.54, 1.807) is 0 Å². The van der Waals surface area contributed by atoms with E-state index in [0.29, 0.717) is 0 Å². The molecule has 1 N–H and O–H groups in total. The molecule has 0 aromatic rings. The lowest BCUT2D eigenvalue weighted by Gasteiger charge is -2.04. The predicted molar refractivity (Wildman–Crippen MR) is 24.9 cm³/mol. The van der Waals surface area contributed by atoms with Crippen LogP contribution in [0.25, 0.3) is 0 Å².